The third-order valence-corrected chi connectivity index (χ3v) is 3.52. The number of amides is 1. The molecule has 0 aromatic heterocycles. The number of halogens is 1. The van der Waals surface area contributed by atoms with Gasteiger partial charge in [0, 0.05) is 17.4 Å². The monoisotopic (exact) mass is 281 g/mol. The Balaban J connectivity index is 2.01. The maximum atomic E-state index is 11.8. The standard InChI is InChI=1S/C13H16BrNO/c14-7-2-8-15-13(16)12-6-5-10-3-1-4-11(10)9-12/h5-6,9H,1-4,7-8H2,(H,15,16). The smallest absolute Gasteiger partial charge is 0.251 e. The number of fused-ring (bicyclic) bond motifs is 1. The average molecular weight is 282 g/mol. The third kappa shape index (κ3) is 2.64. The molecule has 2 nitrogen and oxygen atoms in total. The van der Waals surface area contributed by atoms with Gasteiger partial charge in [0.15, 0.2) is 0 Å². The van der Waals surface area contributed by atoms with Crippen molar-refractivity contribution in [1.82, 2.24) is 5.32 Å². The molecule has 3 heteroatoms. The summed E-state index contributed by atoms with van der Waals surface area (Å²) in [5.74, 6) is 0.0515. The van der Waals surface area contributed by atoms with E-state index in [1.54, 1.807) is 0 Å². The van der Waals surface area contributed by atoms with Crippen molar-refractivity contribution < 1.29 is 4.79 Å². The lowest BCUT2D eigenvalue weighted by Crippen LogP contribution is -2.24. The van der Waals surface area contributed by atoms with Crippen LogP contribution >= 0.6 is 15.9 Å². The molecule has 86 valence electrons. The second-order valence-corrected chi connectivity index (χ2v) is 4.93. The SMILES string of the molecule is O=C(NCCCBr)c1ccc2c(c1)CCC2. The molecule has 1 aliphatic carbocycles. The molecule has 1 N–H and O–H groups in total. The van der Waals surface area contributed by atoms with Crippen LogP contribution in [-0.2, 0) is 12.8 Å². The van der Waals surface area contributed by atoms with Gasteiger partial charge in [0.1, 0.15) is 0 Å². The number of hydrogen-bond acceptors (Lipinski definition) is 1. The van der Waals surface area contributed by atoms with E-state index in [0.717, 1.165) is 30.3 Å². The van der Waals surface area contributed by atoms with Gasteiger partial charge in [-0.3, -0.25) is 4.79 Å². The summed E-state index contributed by atoms with van der Waals surface area (Å²) < 4.78 is 0. The van der Waals surface area contributed by atoms with Crippen molar-refractivity contribution in [3.05, 3.63) is 34.9 Å². The number of carbonyl (C=O) groups excluding carboxylic acids is 1. The van der Waals surface area contributed by atoms with E-state index in [9.17, 15) is 4.79 Å². The van der Waals surface area contributed by atoms with Crippen LogP contribution in [0.3, 0.4) is 0 Å². The quantitative estimate of drug-likeness (QED) is 0.667. The van der Waals surface area contributed by atoms with Gasteiger partial charge >= 0.3 is 0 Å². The first-order chi connectivity index (χ1) is 7.81. The van der Waals surface area contributed by atoms with Crippen molar-refractivity contribution in [2.24, 2.45) is 0 Å². The van der Waals surface area contributed by atoms with E-state index in [-0.39, 0.29) is 5.91 Å². The molecule has 1 aromatic rings. The Bertz CT molecular complexity index is 390. The molecule has 0 radical (unpaired) electrons. The molecule has 0 spiro atoms. The van der Waals surface area contributed by atoms with Gasteiger partial charge in [0.05, 0.1) is 0 Å². The number of benzene rings is 1. The van der Waals surface area contributed by atoms with Gasteiger partial charge in [-0.15, -0.1) is 0 Å². The van der Waals surface area contributed by atoms with E-state index in [0.29, 0.717) is 0 Å². The Kier molecular flexibility index (Phi) is 3.99. The largest absolute Gasteiger partial charge is 0.352 e. The number of carbonyl (C=O) groups is 1. The van der Waals surface area contributed by atoms with E-state index in [2.05, 4.69) is 27.3 Å². The van der Waals surface area contributed by atoms with E-state index < -0.39 is 0 Å². The van der Waals surface area contributed by atoms with E-state index in [4.69, 9.17) is 0 Å². The summed E-state index contributed by atoms with van der Waals surface area (Å²) >= 11 is 3.35. The molecule has 0 saturated carbocycles. The summed E-state index contributed by atoms with van der Waals surface area (Å²) in [6.07, 6.45) is 4.49. The highest BCUT2D eigenvalue weighted by molar-refractivity contribution is 9.09. The lowest BCUT2D eigenvalue weighted by Gasteiger charge is -2.06. The molecule has 0 atom stereocenters. The van der Waals surface area contributed by atoms with Gasteiger partial charge < -0.3 is 5.32 Å². The van der Waals surface area contributed by atoms with Crippen molar-refractivity contribution >= 4 is 21.8 Å². The number of rotatable bonds is 4. The minimum atomic E-state index is 0.0515. The molecule has 0 heterocycles. The zero-order valence-electron chi connectivity index (χ0n) is 9.26. The van der Waals surface area contributed by atoms with Crippen molar-refractivity contribution in [1.29, 1.82) is 0 Å². The van der Waals surface area contributed by atoms with E-state index >= 15 is 0 Å². The molecular formula is C13H16BrNO. The lowest BCUT2D eigenvalue weighted by atomic mass is 10.1. The second-order valence-electron chi connectivity index (χ2n) is 4.14. The fourth-order valence-electron chi connectivity index (χ4n) is 2.08. The van der Waals surface area contributed by atoms with Crippen molar-refractivity contribution in [3.8, 4) is 0 Å². The molecular weight excluding hydrogens is 266 g/mol. The second kappa shape index (κ2) is 5.48. The fourth-order valence-corrected chi connectivity index (χ4v) is 2.36. The zero-order chi connectivity index (χ0) is 11.4. The van der Waals surface area contributed by atoms with Crippen LogP contribution in [0.2, 0.25) is 0 Å². The summed E-state index contributed by atoms with van der Waals surface area (Å²) in [5.41, 5.74) is 3.57. The third-order valence-electron chi connectivity index (χ3n) is 2.96. The Morgan fingerprint density at radius 1 is 1.31 bits per heavy atom. The van der Waals surface area contributed by atoms with Gasteiger partial charge in [0.2, 0.25) is 0 Å². The summed E-state index contributed by atoms with van der Waals surface area (Å²) in [4.78, 5) is 11.8. The van der Waals surface area contributed by atoms with Crippen molar-refractivity contribution in [3.63, 3.8) is 0 Å². The topological polar surface area (TPSA) is 29.1 Å². The van der Waals surface area contributed by atoms with Crippen LogP contribution < -0.4 is 5.32 Å². The summed E-state index contributed by atoms with van der Waals surface area (Å²) in [6.45, 7) is 0.737. The molecule has 0 aliphatic heterocycles. The molecule has 1 amide bonds. The van der Waals surface area contributed by atoms with Gasteiger partial charge in [-0.1, -0.05) is 22.0 Å². The fraction of sp³-hybridized carbons (Fsp3) is 0.462. The van der Waals surface area contributed by atoms with Crippen LogP contribution in [0.1, 0.15) is 34.3 Å². The molecule has 0 bridgehead atoms. The highest BCUT2D eigenvalue weighted by Gasteiger charge is 2.13. The Labute approximate surface area is 105 Å². The van der Waals surface area contributed by atoms with E-state index in [1.165, 1.54) is 24.0 Å². The number of alkyl halides is 1. The molecule has 0 unspecified atom stereocenters. The zero-order valence-corrected chi connectivity index (χ0v) is 10.8. The molecule has 1 aliphatic rings. The number of nitrogens with one attached hydrogen (secondary N) is 1. The van der Waals surface area contributed by atoms with Gasteiger partial charge in [-0.25, -0.2) is 0 Å². The summed E-state index contributed by atoms with van der Waals surface area (Å²) in [7, 11) is 0. The molecule has 0 fully saturated rings. The van der Waals surface area contributed by atoms with Crippen molar-refractivity contribution in [2.45, 2.75) is 25.7 Å². The molecule has 2 rings (SSSR count). The van der Waals surface area contributed by atoms with Crippen LogP contribution in [0.5, 0.6) is 0 Å². The molecule has 1 aromatic carbocycles. The highest BCUT2D eigenvalue weighted by atomic mass is 79.9. The lowest BCUT2D eigenvalue weighted by molar-refractivity contribution is 0.0954. The van der Waals surface area contributed by atoms with Crippen LogP contribution in [0, 0.1) is 0 Å². The van der Waals surface area contributed by atoms with Crippen LogP contribution in [0.4, 0.5) is 0 Å². The Hall–Kier alpha value is -0.830. The maximum Gasteiger partial charge on any atom is 0.251 e. The number of hydrogen-bond donors (Lipinski definition) is 1. The molecule has 16 heavy (non-hydrogen) atoms. The summed E-state index contributed by atoms with van der Waals surface area (Å²) in [5, 5.41) is 3.85. The maximum absolute atomic E-state index is 11.8. The average Bonchev–Trinajstić information content (AvgIpc) is 2.76. The van der Waals surface area contributed by atoms with Gasteiger partial charge in [0.25, 0.3) is 5.91 Å². The first-order valence-electron chi connectivity index (χ1n) is 5.77. The first kappa shape index (κ1) is 11.6. The predicted octanol–water partition coefficient (Wildman–Crippen LogP) is 2.69. The predicted molar refractivity (Wildman–Crippen MR) is 69.2 cm³/mol. The van der Waals surface area contributed by atoms with E-state index in [1.807, 2.05) is 12.1 Å². The Morgan fingerprint density at radius 2 is 2.12 bits per heavy atom. The normalized spacial score (nSPS) is 13.6. The van der Waals surface area contributed by atoms with Gasteiger partial charge in [-0.05, 0) is 48.9 Å². The number of aryl methyl sites for hydroxylation is 2. The first-order valence-corrected chi connectivity index (χ1v) is 6.89. The molecule has 0 saturated heterocycles. The van der Waals surface area contributed by atoms with Crippen LogP contribution in [0.25, 0.3) is 0 Å². The summed E-state index contributed by atoms with van der Waals surface area (Å²) in [6, 6.07) is 6.08. The minimum absolute atomic E-state index is 0.0515. The van der Waals surface area contributed by atoms with Crippen molar-refractivity contribution in [2.75, 3.05) is 11.9 Å². The minimum Gasteiger partial charge on any atom is -0.352 e. The van der Waals surface area contributed by atoms with Crippen LogP contribution in [-0.4, -0.2) is 17.8 Å². The van der Waals surface area contributed by atoms with Crippen LogP contribution in [0.15, 0.2) is 18.2 Å². The highest BCUT2D eigenvalue weighted by Crippen LogP contribution is 2.22. The Morgan fingerprint density at radius 3 is 2.94 bits per heavy atom. The van der Waals surface area contributed by atoms with Gasteiger partial charge in [-0.2, -0.15) is 0 Å².